The zero-order valence-corrected chi connectivity index (χ0v) is 16.7. The van der Waals surface area contributed by atoms with Gasteiger partial charge in [-0.05, 0) is 6.07 Å². The molecule has 0 saturated carbocycles. The van der Waals surface area contributed by atoms with Crippen molar-refractivity contribution in [1.29, 1.82) is 5.26 Å². The van der Waals surface area contributed by atoms with E-state index in [0.29, 0.717) is 0 Å². The minimum Gasteiger partial charge on any atom is -0.435 e. The Hall–Kier alpha value is -3.66. The zero-order valence-electron chi connectivity index (χ0n) is 15.9. The maximum Gasteiger partial charge on any atom is 0.387 e. The van der Waals surface area contributed by atoms with E-state index in [1.165, 1.54) is 36.7 Å². The van der Waals surface area contributed by atoms with Gasteiger partial charge in [-0.1, -0.05) is 18.2 Å². The molecule has 1 heterocycles. The van der Waals surface area contributed by atoms with Crippen molar-refractivity contribution >= 4 is 21.7 Å². The maximum atomic E-state index is 12.7. The lowest BCUT2D eigenvalue weighted by Gasteiger charge is -2.18. The number of benzene rings is 1. The summed E-state index contributed by atoms with van der Waals surface area (Å²) in [7, 11) is -4.11. The van der Waals surface area contributed by atoms with Crippen LogP contribution >= 0.6 is 0 Å². The lowest BCUT2D eigenvalue weighted by molar-refractivity contribution is -0.122. The van der Waals surface area contributed by atoms with Crippen LogP contribution in [0.25, 0.3) is 0 Å². The van der Waals surface area contributed by atoms with Crippen molar-refractivity contribution in [3.63, 3.8) is 0 Å². The molecule has 2 N–H and O–H groups in total. The SMILES string of the molecule is N#CCNC(=O)[C@H](CS(=O)(=O)Cc1ccccc1OC(F)F)NC(=O)c1cnccn1. The van der Waals surface area contributed by atoms with E-state index in [0.717, 1.165) is 6.20 Å². The fourth-order valence-corrected chi connectivity index (χ4v) is 4.04. The molecule has 2 amide bonds. The van der Waals surface area contributed by atoms with E-state index in [1.54, 1.807) is 6.07 Å². The molecule has 0 aliphatic carbocycles. The molecule has 0 saturated heterocycles. The quantitative estimate of drug-likeness (QED) is 0.492. The lowest BCUT2D eigenvalue weighted by atomic mass is 10.2. The summed E-state index contributed by atoms with van der Waals surface area (Å²) in [6.07, 6.45) is 3.67. The third-order valence-corrected chi connectivity index (χ3v) is 5.34. The largest absolute Gasteiger partial charge is 0.435 e. The summed E-state index contributed by atoms with van der Waals surface area (Å²) >= 11 is 0. The molecule has 164 valence electrons. The van der Waals surface area contributed by atoms with E-state index >= 15 is 0 Å². The number of ether oxygens (including phenoxy) is 1. The van der Waals surface area contributed by atoms with E-state index in [1.807, 2.05) is 0 Å². The number of carbonyl (C=O) groups is 2. The van der Waals surface area contributed by atoms with E-state index in [4.69, 9.17) is 5.26 Å². The molecule has 0 aliphatic rings. The molecule has 0 aliphatic heterocycles. The molecule has 0 radical (unpaired) electrons. The van der Waals surface area contributed by atoms with E-state index in [9.17, 15) is 26.8 Å². The van der Waals surface area contributed by atoms with Gasteiger partial charge in [-0.15, -0.1) is 0 Å². The van der Waals surface area contributed by atoms with Crippen molar-refractivity contribution in [1.82, 2.24) is 20.6 Å². The van der Waals surface area contributed by atoms with Gasteiger partial charge in [0.25, 0.3) is 5.91 Å². The average Bonchev–Trinajstić information content (AvgIpc) is 2.72. The summed E-state index contributed by atoms with van der Waals surface area (Å²) in [5.74, 6) is -3.69. The number of rotatable bonds is 10. The highest BCUT2D eigenvalue weighted by atomic mass is 32.2. The number of para-hydroxylation sites is 1. The van der Waals surface area contributed by atoms with Gasteiger partial charge in [-0.3, -0.25) is 14.6 Å². The van der Waals surface area contributed by atoms with Crippen molar-refractivity contribution in [2.24, 2.45) is 0 Å². The van der Waals surface area contributed by atoms with E-state index < -0.39 is 52.4 Å². The summed E-state index contributed by atoms with van der Waals surface area (Å²) in [5.41, 5.74) is -0.201. The number of hydrogen-bond donors (Lipinski definition) is 2. The first-order valence-corrected chi connectivity index (χ1v) is 10.5. The van der Waals surface area contributed by atoms with Crippen molar-refractivity contribution in [2.45, 2.75) is 18.4 Å². The third-order valence-electron chi connectivity index (χ3n) is 3.74. The lowest BCUT2D eigenvalue weighted by Crippen LogP contribution is -2.50. The predicted octanol–water partition coefficient (Wildman–Crippen LogP) is 0.431. The van der Waals surface area contributed by atoms with Crippen LogP contribution in [0.3, 0.4) is 0 Å². The Morgan fingerprint density at radius 1 is 1.23 bits per heavy atom. The molecule has 10 nitrogen and oxygen atoms in total. The monoisotopic (exact) mass is 453 g/mol. The summed E-state index contributed by atoms with van der Waals surface area (Å²) in [4.78, 5) is 32.1. The number of carbonyl (C=O) groups excluding carboxylic acids is 2. The summed E-state index contributed by atoms with van der Waals surface area (Å²) in [5, 5.41) is 13.0. The Balaban J connectivity index is 2.21. The van der Waals surface area contributed by atoms with Crippen molar-refractivity contribution in [3.8, 4) is 11.8 Å². The highest BCUT2D eigenvalue weighted by Crippen LogP contribution is 2.23. The fraction of sp³-hybridized carbons (Fsp3) is 0.278. The predicted molar refractivity (Wildman–Crippen MR) is 102 cm³/mol. The minimum absolute atomic E-state index is 0.0424. The number of aromatic nitrogens is 2. The van der Waals surface area contributed by atoms with Crippen molar-refractivity contribution in [3.05, 3.63) is 54.1 Å². The average molecular weight is 453 g/mol. The number of sulfone groups is 1. The van der Waals surface area contributed by atoms with Crippen LogP contribution in [0.2, 0.25) is 0 Å². The Morgan fingerprint density at radius 2 is 1.97 bits per heavy atom. The number of amides is 2. The van der Waals surface area contributed by atoms with Gasteiger partial charge in [-0.2, -0.15) is 14.0 Å². The molecule has 0 spiro atoms. The molecule has 1 aromatic heterocycles. The topological polar surface area (TPSA) is 151 Å². The van der Waals surface area contributed by atoms with Gasteiger partial charge in [0.2, 0.25) is 5.91 Å². The van der Waals surface area contributed by atoms with Crippen LogP contribution in [0.1, 0.15) is 16.1 Å². The smallest absolute Gasteiger partial charge is 0.387 e. The zero-order chi connectivity index (χ0) is 22.9. The van der Waals surface area contributed by atoms with Crippen molar-refractivity contribution in [2.75, 3.05) is 12.3 Å². The maximum absolute atomic E-state index is 12.7. The van der Waals surface area contributed by atoms with Gasteiger partial charge < -0.3 is 15.4 Å². The number of halogens is 2. The van der Waals surface area contributed by atoms with Crippen LogP contribution < -0.4 is 15.4 Å². The van der Waals surface area contributed by atoms with E-state index in [-0.39, 0.29) is 17.0 Å². The second kappa shape index (κ2) is 10.9. The van der Waals surface area contributed by atoms with Crippen LogP contribution in [0, 0.1) is 11.3 Å². The van der Waals surface area contributed by atoms with Crippen LogP contribution in [0.5, 0.6) is 5.75 Å². The Morgan fingerprint density at radius 3 is 2.61 bits per heavy atom. The highest BCUT2D eigenvalue weighted by molar-refractivity contribution is 7.90. The minimum atomic E-state index is -4.11. The second-order valence-electron chi connectivity index (χ2n) is 6.03. The van der Waals surface area contributed by atoms with Crippen LogP contribution in [-0.4, -0.2) is 55.2 Å². The molecular formula is C18H17F2N5O5S. The third kappa shape index (κ3) is 7.59. The normalized spacial score (nSPS) is 11.9. The molecule has 13 heteroatoms. The molecule has 1 atom stereocenters. The molecular weight excluding hydrogens is 436 g/mol. The molecule has 1 aromatic carbocycles. The van der Waals surface area contributed by atoms with Gasteiger partial charge >= 0.3 is 6.61 Å². The van der Waals surface area contributed by atoms with Gasteiger partial charge in [-0.25, -0.2) is 13.4 Å². The molecule has 2 aromatic rings. The fourth-order valence-electron chi connectivity index (χ4n) is 2.47. The summed E-state index contributed by atoms with van der Waals surface area (Å²) in [6, 6.07) is 5.40. The standard InChI is InChI=1S/C18H17F2N5O5S/c19-18(20)30-15-4-2-1-3-12(15)10-31(28,29)11-14(16(26)24-6-5-21)25-17(27)13-9-22-7-8-23-13/h1-4,7-9,14,18H,6,10-11H2,(H,24,26)(H,25,27)/t14-/m0/s1. The van der Waals surface area contributed by atoms with Crippen LogP contribution in [0.4, 0.5) is 8.78 Å². The second-order valence-corrected chi connectivity index (χ2v) is 8.14. The Labute approximate surface area is 176 Å². The molecule has 0 unspecified atom stereocenters. The number of nitrogens with one attached hydrogen (secondary N) is 2. The first-order chi connectivity index (χ1) is 14.7. The van der Waals surface area contributed by atoms with E-state index in [2.05, 4.69) is 25.3 Å². The van der Waals surface area contributed by atoms with Crippen LogP contribution in [-0.2, 0) is 20.4 Å². The summed E-state index contributed by atoms with van der Waals surface area (Å²) < 4.78 is 54.8. The first kappa shape index (κ1) is 23.6. The van der Waals surface area contributed by atoms with Gasteiger partial charge in [0.15, 0.2) is 9.84 Å². The van der Waals surface area contributed by atoms with Gasteiger partial charge in [0.1, 0.15) is 24.0 Å². The molecule has 0 fully saturated rings. The first-order valence-electron chi connectivity index (χ1n) is 8.66. The Kier molecular flexibility index (Phi) is 8.33. The Bertz CT molecular complexity index is 1060. The van der Waals surface area contributed by atoms with Gasteiger partial charge in [0.05, 0.1) is 23.8 Å². The number of alkyl halides is 2. The molecule has 31 heavy (non-hydrogen) atoms. The number of hydrogen-bond acceptors (Lipinski definition) is 8. The molecule has 2 rings (SSSR count). The van der Waals surface area contributed by atoms with Crippen molar-refractivity contribution < 1.29 is 31.5 Å². The van der Waals surface area contributed by atoms with Crippen LogP contribution in [0.15, 0.2) is 42.9 Å². The highest BCUT2D eigenvalue weighted by Gasteiger charge is 2.29. The summed E-state index contributed by atoms with van der Waals surface area (Å²) in [6.45, 7) is -3.57. The van der Waals surface area contributed by atoms with Gasteiger partial charge in [0, 0.05) is 18.0 Å². The number of nitriles is 1. The number of nitrogens with zero attached hydrogens (tertiary/aromatic N) is 3. The molecule has 0 bridgehead atoms.